The molecule has 0 spiro atoms. The second-order valence-electron chi connectivity index (χ2n) is 16.8. The standard InChI is InChI=1S/C20H22F2O2S.C19H20F2O2S.C18H18F2O2S/c1-3-5-6-7-12-24-16-11-9-14-13-8-10-15(23-4-2)17(21)19(13)25-20(14)18(16)22;1-3-5-6-11-23-15-10-8-13-12-7-9-14(22-4-2)16(20)18(12)24-19(13)17(15)21;1-3-5-10-22-14-9-7-12-11-6-8-13(21-4-2)15(19)17(11)23-18(12)16(14)20/h8-11H,3-7,12H2,1-2H3;7-10H,3-6,11H2,1-2H3;6-9H,3-5,10H2,1-2H3. The molecule has 9 rings (SSSR count). The number of thiophene rings is 3. The van der Waals surface area contributed by atoms with Crippen molar-refractivity contribution in [3.8, 4) is 34.5 Å². The normalized spacial score (nSPS) is 11.3. The molecule has 0 N–H and O–H groups in total. The van der Waals surface area contributed by atoms with Gasteiger partial charge in [0, 0.05) is 32.3 Å². The summed E-state index contributed by atoms with van der Waals surface area (Å²) >= 11 is 3.31. The minimum atomic E-state index is -0.432. The minimum Gasteiger partial charge on any atom is -0.491 e. The van der Waals surface area contributed by atoms with Crippen molar-refractivity contribution in [3.63, 3.8) is 0 Å². The third kappa shape index (κ3) is 11.9. The summed E-state index contributed by atoms with van der Waals surface area (Å²) in [5, 5.41) is 4.21. The van der Waals surface area contributed by atoms with Crippen LogP contribution >= 0.6 is 34.0 Å². The number of fused-ring (bicyclic) bond motifs is 9. The molecule has 384 valence electrons. The van der Waals surface area contributed by atoms with E-state index in [0.717, 1.165) is 91.8 Å². The van der Waals surface area contributed by atoms with E-state index in [9.17, 15) is 26.3 Å². The van der Waals surface area contributed by atoms with Gasteiger partial charge in [0.1, 0.15) is 0 Å². The first-order valence-electron chi connectivity index (χ1n) is 24.8. The molecule has 0 aliphatic carbocycles. The molecule has 0 fully saturated rings. The van der Waals surface area contributed by atoms with E-state index in [-0.39, 0.29) is 34.5 Å². The van der Waals surface area contributed by atoms with Gasteiger partial charge in [-0.2, -0.15) is 0 Å². The van der Waals surface area contributed by atoms with E-state index in [4.69, 9.17) is 28.4 Å². The quantitative estimate of drug-likeness (QED) is 0.0528. The zero-order valence-corrected chi connectivity index (χ0v) is 43.9. The summed E-state index contributed by atoms with van der Waals surface area (Å²) in [6.07, 6.45) is 9.18. The second kappa shape index (κ2) is 25.8. The molecule has 0 bridgehead atoms. The Morgan fingerprint density at radius 3 is 0.750 bits per heavy atom. The number of halogens is 6. The molecule has 15 heteroatoms. The lowest BCUT2D eigenvalue weighted by Crippen LogP contribution is -1.99. The Hall–Kier alpha value is -5.64. The van der Waals surface area contributed by atoms with Gasteiger partial charge in [-0.3, -0.25) is 0 Å². The van der Waals surface area contributed by atoms with E-state index < -0.39 is 34.9 Å². The third-order valence-corrected chi connectivity index (χ3v) is 15.4. The highest BCUT2D eigenvalue weighted by Gasteiger charge is 2.21. The monoisotopic (exact) mass is 1050 g/mol. The van der Waals surface area contributed by atoms with Crippen LogP contribution in [0.25, 0.3) is 60.5 Å². The van der Waals surface area contributed by atoms with Crippen molar-refractivity contribution >= 4 is 94.5 Å². The van der Waals surface area contributed by atoms with Crippen molar-refractivity contribution in [3.05, 3.63) is 108 Å². The van der Waals surface area contributed by atoms with Gasteiger partial charge in [-0.1, -0.05) is 59.3 Å². The van der Waals surface area contributed by atoms with Crippen LogP contribution in [0.2, 0.25) is 0 Å². The van der Waals surface area contributed by atoms with Crippen molar-refractivity contribution in [2.75, 3.05) is 39.6 Å². The number of benzene rings is 6. The van der Waals surface area contributed by atoms with Gasteiger partial charge >= 0.3 is 0 Å². The molecule has 6 aromatic carbocycles. The fourth-order valence-corrected chi connectivity index (χ4v) is 11.6. The highest BCUT2D eigenvalue weighted by atomic mass is 32.1. The maximum Gasteiger partial charge on any atom is 0.182 e. The van der Waals surface area contributed by atoms with E-state index in [0.29, 0.717) is 100 Å². The first-order valence-corrected chi connectivity index (χ1v) is 27.2. The Kier molecular flexibility index (Phi) is 19.4. The molecule has 9 aromatic rings. The van der Waals surface area contributed by atoms with Crippen LogP contribution in [0.4, 0.5) is 26.3 Å². The maximum absolute atomic E-state index is 14.8. The average molecular weight is 1050 g/mol. The average Bonchev–Trinajstić information content (AvgIpc) is 4.09. The summed E-state index contributed by atoms with van der Waals surface area (Å²) in [6, 6.07) is 20.4. The third-order valence-electron chi connectivity index (χ3n) is 11.8. The summed E-state index contributed by atoms with van der Waals surface area (Å²) in [5.74, 6) is -1.24. The van der Waals surface area contributed by atoms with Gasteiger partial charge in [-0.05, 0) is 113 Å². The van der Waals surface area contributed by atoms with E-state index >= 15 is 0 Å². The minimum absolute atomic E-state index is 0.200. The fraction of sp³-hybridized carbons (Fsp3) is 0.368. The summed E-state index contributed by atoms with van der Waals surface area (Å²) < 4.78 is 123. The van der Waals surface area contributed by atoms with Crippen LogP contribution in [0.5, 0.6) is 34.5 Å². The van der Waals surface area contributed by atoms with Crippen molar-refractivity contribution in [2.24, 2.45) is 0 Å². The molecule has 0 saturated carbocycles. The van der Waals surface area contributed by atoms with Gasteiger partial charge in [-0.15, -0.1) is 34.0 Å². The van der Waals surface area contributed by atoms with Gasteiger partial charge in [0.25, 0.3) is 0 Å². The first kappa shape index (κ1) is 54.1. The summed E-state index contributed by atoms with van der Waals surface area (Å²) in [7, 11) is 0. The number of ether oxygens (including phenoxy) is 6. The number of hydrogen-bond donors (Lipinski definition) is 0. The van der Waals surface area contributed by atoms with Crippen LogP contribution in [0.1, 0.15) is 99.3 Å². The zero-order valence-electron chi connectivity index (χ0n) is 41.5. The van der Waals surface area contributed by atoms with Gasteiger partial charge in [0.15, 0.2) is 69.4 Å². The largest absolute Gasteiger partial charge is 0.491 e. The molecular formula is C57H60F6O6S3. The predicted molar refractivity (Wildman–Crippen MR) is 286 cm³/mol. The fourth-order valence-electron chi connectivity index (χ4n) is 8.11. The van der Waals surface area contributed by atoms with E-state index in [1.807, 2.05) is 6.92 Å². The van der Waals surface area contributed by atoms with E-state index in [2.05, 4.69) is 13.8 Å². The summed E-state index contributed by atoms with van der Waals surface area (Å²) in [6.45, 7) is 14.3. The number of rotatable bonds is 21. The molecule has 0 atom stereocenters. The lowest BCUT2D eigenvalue weighted by atomic mass is 10.1. The Bertz CT molecular complexity index is 3260. The Balaban J connectivity index is 0.000000159. The van der Waals surface area contributed by atoms with Crippen LogP contribution in [0.15, 0.2) is 72.8 Å². The lowest BCUT2D eigenvalue weighted by Gasteiger charge is -2.07. The van der Waals surface area contributed by atoms with Crippen LogP contribution in [-0.4, -0.2) is 39.6 Å². The van der Waals surface area contributed by atoms with E-state index in [1.165, 1.54) is 0 Å². The maximum atomic E-state index is 14.8. The Morgan fingerprint density at radius 2 is 0.500 bits per heavy atom. The molecule has 0 saturated heterocycles. The molecule has 3 heterocycles. The molecule has 0 aliphatic heterocycles. The molecule has 6 nitrogen and oxygen atoms in total. The van der Waals surface area contributed by atoms with E-state index in [1.54, 1.807) is 93.6 Å². The highest BCUT2D eigenvalue weighted by Crippen LogP contribution is 2.45. The second-order valence-corrected chi connectivity index (χ2v) is 19.9. The van der Waals surface area contributed by atoms with Gasteiger partial charge < -0.3 is 28.4 Å². The number of hydrogen-bond acceptors (Lipinski definition) is 9. The summed E-state index contributed by atoms with van der Waals surface area (Å²) in [4.78, 5) is 0. The van der Waals surface area contributed by atoms with Crippen molar-refractivity contribution < 1.29 is 54.8 Å². The predicted octanol–water partition coefficient (Wildman–Crippen LogP) is 18.9. The van der Waals surface area contributed by atoms with Crippen LogP contribution in [0, 0.1) is 34.9 Å². The number of unbranched alkanes of at least 4 members (excludes halogenated alkanes) is 6. The lowest BCUT2D eigenvalue weighted by molar-refractivity contribution is 0.292. The van der Waals surface area contributed by atoms with Crippen molar-refractivity contribution in [1.29, 1.82) is 0 Å². The smallest absolute Gasteiger partial charge is 0.182 e. The van der Waals surface area contributed by atoms with Gasteiger partial charge in [0.2, 0.25) is 0 Å². The molecule has 0 amide bonds. The van der Waals surface area contributed by atoms with Crippen LogP contribution < -0.4 is 28.4 Å². The van der Waals surface area contributed by atoms with Crippen molar-refractivity contribution in [1.82, 2.24) is 0 Å². The molecule has 0 radical (unpaired) electrons. The molecule has 0 unspecified atom stereocenters. The molecular weight excluding hydrogens is 991 g/mol. The van der Waals surface area contributed by atoms with Crippen LogP contribution in [0.3, 0.4) is 0 Å². The van der Waals surface area contributed by atoms with Crippen LogP contribution in [-0.2, 0) is 0 Å². The Morgan fingerprint density at radius 1 is 0.278 bits per heavy atom. The Labute approximate surface area is 428 Å². The first-order chi connectivity index (χ1) is 35.0. The van der Waals surface area contributed by atoms with Crippen molar-refractivity contribution in [2.45, 2.75) is 99.3 Å². The summed E-state index contributed by atoms with van der Waals surface area (Å²) in [5.41, 5.74) is 0. The topological polar surface area (TPSA) is 55.4 Å². The molecule has 3 aromatic heterocycles. The SMILES string of the molecule is CCCCCCOc1ccc2c(sc3c(F)c(OCC)ccc32)c1F.CCCCCOc1ccc2c(sc3c(F)c(OCC)ccc32)c1F.CCCCOc1ccc2c(sc3c(F)c(OCC)ccc32)c1F. The zero-order chi connectivity index (χ0) is 51.3. The molecule has 0 aliphatic rings. The van der Waals surface area contributed by atoms with Gasteiger partial charge in [-0.25, -0.2) is 26.3 Å². The molecule has 72 heavy (non-hydrogen) atoms. The van der Waals surface area contributed by atoms with Gasteiger partial charge in [0.05, 0.1) is 67.8 Å². The highest BCUT2D eigenvalue weighted by molar-refractivity contribution is 7.26.